The zero-order chi connectivity index (χ0) is 9.97. The maximum atomic E-state index is 5.78. The molecular weight excluding hydrogens is 198 g/mol. The Bertz CT molecular complexity index is 293. The molecule has 0 N–H and O–H groups in total. The summed E-state index contributed by atoms with van der Waals surface area (Å²) >= 11 is 5.78. The highest BCUT2D eigenvalue weighted by Crippen LogP contribution is 2.27. The maximum Gasteiger partial charge on any atom is 0.0534 e. The molecule has 4 heteroatoms. The minimum absolute atomic E-state index is 0.719. The molecule has 1 saturated carbocycles. The normalized spacial score (nSPS) is 16.5. The molecule has 1 heterocycles. The predicted molar refractivity (Wildman–Crippen MR) is 57.4 cm³/mol. The molecule has 2 rings (SSSR count). The van der Waals surface area contributed by atoms with Crippen molar-refractivity contribution in [3.05, 3.63) is 18.0 Å². The van der Waals surface area contributed by atoms with E-state index >= 15 is 0 Å². The minimum atomic E-state index is 0.719. The molecule has 0 bridgehead atoms. The molecule has 0 atom stereocenters. The van der Waals surface area contributed by atoms with Gasteiger partial charge in [-0.25, -0.2) is 0 Å². The fourth-order valence-electron chi connectivity index (χ4n) is 1.73. The zero-order valence-corrected chi connectivity index (χ0v) is 9.24. The van der Waals surface area contributed by atoms with Crippen LogP contribution >= 0.6 is 11.6 Å². The molecule has 1 fully saturated rings. The number of rotatable bonds is 5. The number of hydrogen-bond acceptors (Lipinski definition) is 2. The number of hydrogen-bond donors (Lipinski definition) is 0. The molecule has 0 aromatic carbocycles. The molecule has 0 saturated heterocycles. The SMILES string of the molecule is Cn1cc(CN(CCCl)C2CC2)cn1. The first kappa shape index (κ1) is 9.99. The van der Waals surface area contributed by atoms with Crippen molar-refractivity contribution in [2.45, 2.75) is 25.4 Å². The highest BCUT2D eigenvalue weighted by molar-refractivity contribution is 6.18. The standard InChI is InChI=1S/C10H16ClN3/c1-13-7-9(6-12-13)8-14(5-4-11)10-2-3-10/h6-7,10H,2-5,8H2,1H3. The second-order valence-electron chi connectivity index (χ2n) is 3.91. The van der Waals surface area contributed by atoms with Gasteiger partial charge in [0, 0.05) is 43.8 Å². The molecule has 3 nitrogen and oxygen atoms in total. The van der Waals surface area contributed by atoms with Gasteiger partial charge in [-0.05, 0) is 12.8 Å². The molecule has 78 valence electrons. The van der Waals surface area contributed by atoms with Crippen molar-refractivity contribution < 1.29 is 0 Å². The monoisotopic (exact) mass is 213 g/mol. The average Bonchev–Trinajstić information content (AvgIpc) is 2.91. The van der Waals surface area contributed by atoms with Gasteiger partial charge in [0.2, 0.25) is 0 Å². The summed E-state index contributed by atoms with van der Waals surface area (Å²) in [6.07, 6.45) is 6.67. The summed E-state index contributed by atoms with van der Waals surface area (Å²) in [4.78, 5) is 2.45. The van der Waals surface area contributed by atoms with Gasteiger partial charge in [-0.1, -0.05) is 0 Å². The second kappa shape index (κ2) is 4.32. The van der Waals surface area contributed by atoms with Gasteiger partial charge in [0.1, 0.15) is 0 Å². The second-order valence-corrected chi connectivity index (χ2v) is 4.29. The number of alkyl halides is 1. The molecule has 14 heavy (non-hydrogen) atoms. The van der Waals surface area contributed by atoms with E-state index in [2.05, 4.69) is 16.2 Å². The van der Waals surface area contributed by atoms with E-state index in [4.69, 9.17) is 11.6 Å². The lowest BCUT2D eigenvalue weighted by molar-refractivity contribution is 0.271. The Morgan fingerprint density at radius 2 is 2.43 bits per heavy atom. The molecule has 0 unspecified atom stereocenters. The smallest absolute Gasteiger partial charge is 0.0534 e. The van der Waals surface area contributed by atoms with Crippen LogP contribution in [0.1, 0.15) is 18.4 Å². The first-order chi connectivity index (χ1) is 6.79. The van der Waals surface area contributed by atoms with Crippen LogP contribution in [0.4, 0.5) is 0 Å². The topological polar surface area (TPSA) is 21.1 Å². The van der Waals surface area contributed by atoms with Gasteiger partial charge in [0.15, 0.2) is 0 Å². The summed E-state index contributed by atoms with van der Waals surface area (Å²) in [7, 11) is 1.95. The summed E-state index contributed by atoms with van der Waals surface area (Å²) in [6, 6.07) is 0.772. The Kier molecular flexibility index (Phi) is 3.08. The van der Waals surface area contributed by atoms with E-state index in [1.165, 1.54) is 18.4 Å². The summed E-state index contributed by atoms with van der Waals surface area (Å²) < 4.78 is 1.85. The van der Waals surface area contributed by atoms with Crippen molar-refractivity contribution in [3.8, 4) is 0 Å². The van der Waals surface area contributed by atoms with Crippen molar-refractivity contribution in [3.63, 3.8) is 0 Å². The van der Waals surface area contributed by atoms with Gasteiger partial charge in [0.05, 0.1) is 6.20 Å². The predicted octanol–water partition coefficient (Wildman–Crippen LogP) is 1.62. The first-order valence-corrected chi connectivity index (χ1v) is 5.60. The summed E-state index contributed by atoms with van der Waals surface area (Å²) in [5.74, 6) is 0.719. The lowest BCUT2D eigenvalue weighted by Gasteiger charge is -2.19. The van der Waals surface area contributed by atoms with Crippen LogP contribution in [-0.4, -0.2) is 33.1 Å². The fourth-order valence-corrected chi connectivity index (χ4v) is 1.94. The minimum Gasteiger partial charge on any atom is -0.295 e. The number of nitrogens with zero attached hydrogens (tertiary/aromatic N) is 3. The number of halogens is 1. The van der Waals surface area contributed by atoms with Crippen LogP contribution in [0.25, 0.3) is 0 Å². The molecule has 1 aromatic heterocycles. The van der Waals surface area contributed by atoms with Crippen LogP contribution in [-0.2, 0) is 13.6 Å². The highest BCUT2D eigenvalue weighted by Gasteiger charge is 2.28. The van der Waals surface area contributed by atoms with E-state index in [0.29, 0.717) is 0 Å². The molecule has 1 aromatic rings. The molecule has 1 aliphatic carbocycles. The Balaban J connectivity index is 1.92. The van der Waals surface area contributed by atoms with Crippen LogP contribution in [0.3, 0.4) is 0 Å². The molecule has 0 radical (unpaired) electrons. The molecule has 0 spiro atoms. The van der Waals surface area contributed by atoms with E-state index < -0.39 is 0 Å². The van der Waals surface area contributed by atoms with Gasteiger partial charge < -0.3 is 0 Å². The number of aryl methyl sites for hydroxylation is 1. The van der Waals surface area contributed by atoms with Gasteiger partial charge in [-0.3, -0.25) is 9.58 Å². The van der Waals surface area contributed by atoms with E-state index in [0.717, 1.165) is 25.0 Å². The third-order valence-electron chi connectivity index (χ3n) is 2.58. The van der Waals surface area contributed by atoms with E-state index in [1.807, 2.05) is 17.9 Å². The third kappa shape index (κ3) is 2.49. The van der Waals surface area contributed by atoms with Crippen molar-refractivity contribution in [1.29, 1.82) is 0 Å². The molecule has 1 aliphatic rings. The number of aromatic nitrogens is 2. The van der Waals surface area contributed by atoms with Crippen LogP contribution in [0.2, 0.25) is 0 Å². The summed E-state index contributed by atoms with van der Waals surface area (Å²) in [5.41, 5.74) is 1.28. The summed E-state index contributed by atoms with van der Waals surface area (Å²) in [5, 5.41) is 4.17. The van der Waals surface area contributed by atoms with Gasteiger partial charge >= 0.3 is 0 Å². The lowest BCUT2D eigenvalue weighted by Crippen LogP contribution is -2.27. The van der Waals surface area contributed by atoms with E-state index in [9.17, 15) is 0 Å². The van der Waals surface area contributed by atoms with Crippen molar-refractivity contribution in [2.24, 2.45) is 7.05 Å². The summed E-state index contributed by atoms with van der Waals surface area (Å²) in [6.45, 7) is 1.98. The van der Waals surface area contributed by atoms with Crippen LogP contribution < -0.4 is 0 Å². The van der Waals surface area contributed by atoms with Crippen molar-refractivity contribution >= 4 is 11.6 Å². The Labute approximate surface area is 89.7 Å². The quantitative estimate of drug-likeness (QED) is 0.694. The van der Waals surface area contributed by atoms with Crippen molar-refractivity contribution in [1.82, 2.24) is 14.7 Å². The van der Waals surface area contributed by atoms with E-state index in [-0.39, 0.29) is 0 Å². The fraction of sp³-hybridized carbons (Fsp3) is 0.700. The maximum absolute atomic E-state index is 5.78. The van der Waals surface area contributed by atoms with Gasteiger partial charge in [0.25, 0.3) is 0 Å². The van der Waals surface area contributed by atoms with Crippen LogP contribution in [0.15, 0.2) is 12.4 Å². The van der Waals surface area contributed by atoms with E-state index in [1.54, 1.807) is 0 Å². The molecule has 0 aliphatic heterocycles. The Morgan fingerprint density at radius 1 is 1.64 bits per heavy atom. The van der Waals surface area contributed by atoms with Crippen LogP contribution in [0.5, 0.6) is 0 Å². The van der Waals surface area contributed by atoms with Crippen molar-refractivity contribution in [2.75, 3.05) is 12.4 Å². The largest absolute Gasteiger partial charge is 0.295 e. The Hall–Kier alpha value is -0.540. The Morgan fingerprint density at radius 3 is 2.93 bits per heavy atom. The first-order valence-electron chi connectivity index (χ1n) is 5.07. The van der Waals surface area contributed by atoms with Gasteiger partial charge in [-0.15, -0.1) is 11.6 Å². The van der Waals surface area contributed by atoms with Crippen LogP contribution in [0, 0.1) is 0 Å². The van der Waals surface area contributed by atoms with Gasteiger partial charge in [-0.2, -0.15) is 5.10 Å². The molecule has 0 amide bonds. The lowest BCUT2D eigenvalue weighted by atomic mass is 10.3. The average molecular weight is 214 g/mol. The third-order valence-corrected chi connectivity index (χ3v) is 2.75. The molecular formula is C10H16ClN3. The highest BCUT2D eigenvalue weighted by atomic mass is 35.5. The zero-order valence-electron chi connectivity index (χ0n) is 8.49.